The molecular weight excluding hydrogens is 286 g/mol. The molecule has 0 saturated carbocycles. The first-order chi connectivity index (χ1) is 10.2. The van der Waals surface area contributed by atoms with E-state index in [4.69, 9.17) is 0 Å². The van der Waals surface area contributed by atoms with Crippen LogP contribution in [0.15, 0.2) is 17.5 Å². The summed E-state index contributed by atoms with van der Waals surface area (Å²) in [5, 5.41) is 19.1. The van der Waals surface area contributed by atoms with Gasteiger partial charge >= 0.3 is 5.97 Å². The van der Waals surface area contributed by atoms with Crippen molar-refractivity contribution in [3.63, 3.8) is 0 Å². The van der Waals surface area contributed by atoms with Crippen LogP contribution < -0.4 is 0 Å². The fraction of sp³-hybridized carbons (Fsp3) is 0.533. The van der Waals surface area contributed by atoms with E-state index in [0.29, 0.717) is 12.1 Å². The standard InChI is InChI=1S/C15H21N3O2S/c1-2-3-4-5-6-9-18-13(11-12-8-7-10-21-12)14(15(19)20)16-17-18/h7-8,10H,2-6,9,11H2,1H3,(H,19,20). The number of nitrogens with zero attached hydrogens (tertiary/aromatic N) is 3. The highest BCUT2D eigenvalue weighted by Gasteiger charge is 2.19. The molecule has 6 heteroatoms. The maximum absolute atomic E-state index is 11.3. The Labute approximate surface area is 128 Å². The minimum atomic E-state index is -1.00. The summed E-state index contributed by atoms with van der Waals surface area (Å²) < 4.78 is 1.76. The van der Waals surface area contributed by atoms with E-state index in [9.17, 15) is 9.90 Å². The van der Waals surface area contributed by atoms with Gasteiger partial charge in [-0.05, 0) is 17.9 Å². The molecule has 0 radical (unpaired) electrons. The molecule has 0 aromatic carbocycles. The van der Waals surface area contributed by atoms with Crippen LogP contribution in [-0.4, -0.2) is 26.1 Å². The molecule has 2 aromatic heterocycles. The van der Waals surface area contributed by atoms with Crippen LogP contribution in [0.3, 0.4) is 0 Å². The van der Waals surface area contributed by atoms with Crippen molar-refractivity contribution >= 4 is 17.3 Å². The highest BCUT2D eigenvalue weighted by Crippen LogP contribution is 2.17. The molecule has 0 fully saturated rings. The van der Waals surface area contributed by atoms with Crippen molar-refractivity contribution in [3.05, 3.63) is 33.8 Å². The summed E-state index contributed by atoms with van der Waals surface area (Å²) in [6.45, 7) is 2.93. The van der Waals surface area contributed by atoms with E-state index < -0.39 is 5.97 Å². The van der Waals surface area contributed by atoms with Crippen LogP contribution in [0.2, 0.25) is 0 Å². The quantitative estimate of drug-likeness (QED) is 0.719. The van der Waals surface area contributed by atoms with E-state index in [0.717, 1.165) is 24.3 Å². The number of aromatic carboxylic acids is 1. The second-order valence-electron chi connectivity index (χ2n) is 5.08. The van der Waals surface area contributed by atoms with Crippen LogP contribution in [0.25, 0.3) is 0 Å². The number of carboxylic acid groups (broad SMARTS) is 1. The predicted octanol–water partition coefficient (Wildman–Crippen LogP) is 3.60. The second kappa shape index (κ2) is 7.93. The summed E-state index contributed by atoms with van der Waals surface area (Å²) in [4.78, 5) is 12.4. The summed E-state index contributed by atoms with van der Waals surface area (Å²) >= 11 is 1.62. The topological polar surface area (TPSA) is 68.0 Å². The highest BCUT2D eigenvalue weighted by molar-refractivity contribution is 7.09. The fourth-order valence-corrected chi connectivity index (χ4v) is 3.01. The molecule has 5 nitrogen and oxygen atoms in total. The van der Waals surface area contributed by atoms with Gasteiger partial charge in [-0.2, -0.15) is 0 Å². The molecule has 2 rings (SSSR count). The lowest BCUT2D eigenvalue weighted by atomic mass is 10.1. The van der Waals surface area contributed by atoms with Gasteiger partial charge in [0.25, 0.3) is 0 Å². The third-order valence-corrected chi connectivity index (χ3v) is 4.31. The Morgan fingerprint density at radius 1 is 1.33 bits per heavy atom. The van der Waals surface area contributed by atoms with Crippen molar-refractivity contribution in [2.75, 3.05) is 0 Å². The van der Waals surface area contributed by atoms with Crippen LogP contribution in [0.5, 0.6) is 0 Å². The Morgan fingerprint density at radius 2 is 2.14 bits per heavy atom. The molecule has 0 spiro atoms. The zero-order valence-corrected chi connectivity index (χ0v) is 13.1. The van der Waals surface area contributed by atoms with E-state index in [1.54, 1.807) is 16.0 Å². The monoisotopic (exact) mass is 307 g/mol. The Morgan fingerprint density at radius 3 is 2.81 bits per heavy atom. The number of aryl methyl sites for hydroxylation is 1. The minimum Gasteiger partial charge on any atom is -0.476 e. The molecule has 0 saturated heterocycles. The number of hydrogen-bond donors (Lipinski definition) is 1. The lowest BCUT2D eigenvalue weighted by Crippen LogP contribution is -2.09. The van der Waals surface area contributed by atoms with Crippen molar-refractivity contribution in [1.29, 1.82) is 0 Å². The molecule has 0 aliphatic rings. The first-order valence-electron chi connectivity index (χ1n) is 7.40. The molecule has 21 heavy (non-hydrogen) atoms. The Hall–Kier alpha value is -1.69. The zero-order chi connectivity index (χ0) is 15.1. The zero-order valence-electron chi connectivity index (χ0n) is 12.3. The summed E-state index contributed by atoms with van der Waals surface area (Å²) in [5.41, 5.74) is 0.789. The lowest BCUT2D eigenvalue weighted by molar-refractivity contribution is 0.0689. The van der Waals surface area contributed by atoms with Gasteiger partial charge in [0.05, 0.1) is 5.69 Å². The molecule has 2 heterocycles. The van der Waals surface area contributed by atoms with Gasteiger partial charge in [-0.25, -0.2) is 9.48 Å². The minimum absolute atomic E-state index is 0.0805. The first kappa shape index (κ1) is 15.7. The number of rotatable bonds is 9. The number of thiophene rings is 1. The van der Waals surface area contributed by atoms with Crippen LogP contribution >= 0.6 is 11.3 Å². The molecule has 0 bridgehead atoms. The van der Waals surface area contributed by atoms with Crippen molar-refractivity contribution in [1.82, 2.24) is 15.0 Å². The van der Waals surface area contributed by atoms with E-state index >= 15 is 0 Å². The summed E-state index contributed by atoms with van der Waals surface area (Å²) in [7, 11) is 0. The highest BCUT2D eigenvalue weighted by atomic mass is 32.1. The van der Waals surface area contributed by atoms with Crippen LogP contribution in [0, 0.1) is 0 Å². The van der Waals surface area contributed by atoms with Gasteiger partial charge in [0.2, 0.25) is 0 Å². The molecule has 0 unspecified atom stereocenters. The Kier molecular flexibility index (Phi) is 5.92. The van der Waals surface area contributed by atoms with Crippen molar-refractivity contribution in [3.8, 4) is 0 Å². The molecule has 0 aliphatic carbocycles. The summed E-state index contributed by atoms with van der Waals surface area (Å²) in [5.74, 6) is -1.00. The number of hydrogen-bond acceptors (Lipinski definition) is 4. The van der Waals surface area contributed by atoms with Gasteiger partial charge < -0.3 is 5.11 Å². The molecular formula is C15H21N3O2S. The maximum Gasteiger partial charge on any atom is 0.358 e. The Balaban J connectivity index is 2.04. The SMILES string of the molecule is CCCCCCCn1nnc(C(=O)O)c1Cc1cccs1. The molecule has 0 atom stereocenters. The fourth-order valence-electron chi connectivity index (χ4n) is 2.30. The van der Waals surface area contributed by atoms with E-state index in [-0.39, 0.29) is 5.69 Å². The van der Waals surface area contributed by atoms with Gasteiger partial charge in [-0.3, -0.25) is 0 Å². The number of unbranched alkanes of at least 4 members (excludes halogenated alkanes) is 4. The Bertz CT molecular complexity index is 563. The predicted molar refractivity (Wildman–Crippen MR) is 82.9 cm³/mol. The molecule has 2 aromatic rings. The lowest BCUT2D eigenvalue weighted by Gasteiger charge is -2.06. The first-order valence-corrected chi connectivity index (χ1v) is 8.28. The molecule has 0 aliphatic heterocycles. The van der Waals surface area contributed by atoms with Crippen molar-refractivity contribution in [2.24, 2.45) is 0 Å². The van der Waals surface area contributed by atoms with Crippen LogP contribution in [-0.2, 0) is 13.0 Å². The normalized spacial score (nSPS) is 10.9. The van der Waals surface area contributed by atoms with E-state index in [1.165, 1.54) is 19.3 Å². The largest absolute Gasteiger partial charge is 0.476 e. The van der Waals surface area contributed by atoms with Gasteiger partial charge in [-0.15, -0.1) is 16.4 Å². The number of carbonyl (C=O) groups is 1. The molecule has 114 valence electrons. The van der Waals surface area contributed by atoms with Gasteiger partial charge in [0, 0.05) is 17.8 Å². The van der Waals surface area contributed by atoms with Crippen LogP contribution in [0.4, 0.5) is 0 Å². The average Bonchev–Trinajstić information content (AvgIpc) is 3.09. The van der Waals surface area contributed by atoms with Crippen molar-refractivity contribution < 1.29 is 9.90 Å². The average molecular weight is 307 g/mol. The van der Waals surface area contributed by atoms with Gasteiger partial charge in [-0.1, -0.05) is 43.9 Å². The smallest absolute Gasteiger partial charge is 0.358 e. The summed E-state index contributed by atoms with van der Waals surface area (Å²) in [6.07, 6.45) is 6.43. The van der Waals surface area contributed by atoms with Crippen molar-refractivity contribution in [2.45, 2.75) is 52.0 Å². The molecule has 0 amide bonds. The number of carboxylic acids is 1. The summed E-state index contributed by atoms with van der Waals surface area (Å²) in [6, 6.07) is 3.98. The molecule has 1 N–H and O–H groups in total. The third-order valence-electron chi connectivity index (χ3n) is 3.44. The maximum atomic E-state index is 11.3. The van der Waals surface area contributed by atoms with Gasteiger partial charge in [0.15, 0.2) is 5.69 Å². The van der Waals surface area contributed by atoms with Crippen LogP contribution in [0.1, 0.15) is 60.1 Å². The van der Waals surface area contributed by atoms with Gasteiger partial charge in [0.1, 0.15) is 0 Å². The number of aromatic nitrogens is 3. The third kappa shape index (κ3) is 4.39. The van der Waals surface area contributed by atoms with E-state index in [2.05, 4.69) is 17.2 Å². The second-order valence-corrected chi connectivity index (χ2v) is 6.12. The van der Waals surface area contributed by atoms with E-state index in [1.807, 2.05) is 17.5 Å².